The summed E-state index contributed by atoms with van der Waals surface area (Å²) in [4.78, 5) is 14.9. The Morgan fingerprint density at radius 3 is 2.35 bits per heavy atom. The van der Waals surface area contributed by atoms with Crippen LogP contribution in [0.25, 0.3) is 0 Å². The molecule has 1 aliphatic heterocycles. The van der Waals surface area contributed by atoms with E-state index in [4.69, 9.17) is 0 Å². The molecular formula is C19H29N5OS. The Morgan fingerprint density at radius 1 is 1.04 bits per heavy atom. The minimum Gasteiger partial charge on any atom is -0.352 e. The second kappa shape index (κ2) is 7.06. The molecule has 0 aromatic carbocycles. The Morgan fingerprint density at radius 2 is 1.73 bits per heavy atom. The second-order valence-corrected chi connectivity index (χ2v) is 9.43. The summed E-state index contributed by atoms with van der Waals surface area (Å²) in [6.45, 7) is 2.17. The third-order valence-electron chi connectivity index (χ3n) is 6.12. The Kier molecular flexibility index (Phi) is 4.59. The van der Waals surface area contributed by atoms with Crippen LogP contribution in [0.4, 0.5) is 5.95 Å². The summed E-state index contributed by atoms with van der Waals surface area (Å²) in [5, 5.41) is 13.2. The van der Waals surface area contributed by atoms with Crippen molar-refractivity contribution in [2.45, 2.75) is 75.0 Å². The highest BCUT2D eigenvalue weighted by Gasteiger charge is 2.42. The van der Waals surface area contributed by atoms with Crippen LogP contribution in [0.1, 0.15) is 63.8 Å². The van der Waals surface area contributed by atoms with E-state index in [0.29, 0.717) is 17.8 Å². The first-order valence-corrected chi connectivity index (χ1v) is 11.4. The number of anilines is 1. The molecule has 4 fully saturated rings. The van der Waals surface area contributed by atoms with Crippen LogP contribution >= 0.6 is 11.8 Å². The van der Waals surface area contributed by atoms with Crippen LogP contribution in [0.15, 0.2) is 5.16 Å². The number of aromatic nitrogens is 3. The van der Waals surface area contributed by atoms with Gasteiger partial charge in [0.2, 0.25) is 11.9 Å². The minimum absolute atomic E-state index is 0.170. The molecule has 142 valence electrons. The van der Waals surface area contributed by atoms with Gasteiger partial charge in [0.1, 0.15) is 0 Å². The molecule has 1 N–H and O–H groups in total. The van der Waals surface area contributed by atoms with Gasteiger partial charge in [0.05, 0.1) is 5.75 Å². The van der Waals surface area contributed by atoms with Crippen molar-refractivity contribution in [1.29, 1.82) is 0 Å². The molecule has 0 unspecified atom stereocenters. The molecule has 5 rings (SSSR count). The molecule has 3 saturated carbocycles. The van der Waals surface area contributed by atoms with Crippen LogP contribution in [0, 0.1) is 11.8 Å². The van der Waals surface area contributed by atoms with Crippen LogP contribution < -0.4 is 10.2 Å². The normalized spacial score (nSPS) is 23.5. The van der Waals surface area contributed by atoms with E-state index < -0.39 is 0 Å². The van der Waals surface area contributed by atoms with Gasteiger partial charge in [-0.05, 0) is 69.6 Å². The number of nitrogens with zero attached hydrogens (tertiary/aromatic N) is 4. The van der Waals surface area contributed by atoms with Crippen molar-refractivity contribution >= 4 is 23.6 Å². The van der Waals surface area contributed by atoms with Gasteiger partial charge in [-0.25, -0.2) is 0 Å². The van der Waals surface area contributed by atoms with Crippen molar-refractivity contribution in [3.8, 4) is 0 Å². The van der Waals surface area contributed by atoms with Gasteiger partial charge < -0.3 is 10.2 Å². The zero-order valence-corrected chi connectivity index (χ0v) is 16.2. The third kappa shape index (κ3) is 3.73. The SMILES string of the molecule is O=C(CSc1nnc(N2CCCCC2)n1C1CC1)NC(C1CC1)C1CC1. The maximum absolute atomic E-state index is 12.5. The number of carbonyl (C=O) groups is 1. The number of hydrogen-bond acceptors (Lipinski definition) is 5. The summed E-state index contributed by atoms with van der Waals surface area (Å²) in [7, 11) is 0. The minimum atomic E-state index is 0.170. The summed E-state index contributed by atoms with van der Waals surface area (Å²) >= 11 is 1.57. The van der Waals surface area contributed by atoms with Crippen molar-refractivity contribution < 1.29 is 4.79 Å². The van der Waals surface area contributed by atoms with Gasteiger partial charge in [0.15, 0.2) is 5.16 Å². The first-order chi connectivity index (χ1) is 12.8. The fraction of sp³-hybridized carbons (Fsp3) is 0.842. The number of thioether (sulfide) groups is 1. The van der Waals surface area contributed by atoms with E-state index in [-0.39, 0.29) is 5.91 Å². The van der Waals surface area contributed by atoms with Crippen LogP contribution in [0.2, 0.25) is 0 Å². The quantitative estimate of drug-likeness (QED) is 0.708. The van der Waals surface area contributed by atoms with Crippen molar-refractivity contribution in [2.75, 3.05) is 23.7 Å². The molecular weight excluding hydrogens is 346 g/mol. The maximum Gasteiger partial charge on any atom is 0.230 e. The summed E-state index contributed by atoms with van der Waals surface area (Å²) in [6, 6.07) is 0.978. The molecule has 0 bridgehead atoms. The molecule has 1 amide bonds. The zero-order chi connectivity index (χ0) is 17.5. The van der Waals surface area contributed by atoms with E-state index in [1.165, 1.54) is 57.8 Å². The molecule has 3 aliphatic carbocycles. The lowest BCUT2D eigenvalue weighted by Gasteiger charge is -2.27. The molecule has 0 atom stereocenters. The lowest BCUT2D eigenvalue weighted by molar-refractivity contribution is -0.119. The standard InChI is InChI=1S/C19H29N5OS/c25-16(20-17(13-4-5-13)14-6-7-14)12-26-19-22-21-18(24(19)15-8-9-15)23-10-2-1-3-11-23/h13-15,17H,1-12H2,(H,20,25). The highest BCUT2D eigenvalue weighted by atomic mass is 32.2. The number of carbonyl (C=O) groups excluding carboxylic acids is 1. The molecule has 7 heteroatoms. The Balaban J connectivity index is 1.22. The van der Waals surface area contributed by atoms with Gasteiger partial charge in [-0.1, -0.05) is 11.8 Å². The van der Waals surface area contributed by atoms with Crippen LogP contribution in [-0.4, -0.2) is 45.6 Å². The molecule has 4 aliphatic rings. The van der Waals surface area contributed by atoms with E-state index in [0.717, 1.165) is 36.0 Å². The highest BCUT2D eigenvalue weighted by molar-refractivity contribution is 7.99. The van der Waals surface area contributed by atoms with Gasteiger partial charge in [-0.15, -0.1) is 10.2 Å². The summed E-state index contributed by atoms with van der Waals surface area (Å²) < 4.78 is 2.31. The smallest absolute Gasteiger partial charge is 0.230 e. The number of hydrogen-bond donors (Lipinski definition) is 1. The van der Waals surface area contributed by atoms with Gasteiger partial charge >= 0.3 is 0 Å². The molecule has 2 heterocycles. The van der Waals surface area contributed by atoms with Crippen molar-refractivity contribution in [3.63, 3.8) is 0 Å². The van der Waals surface area contributed by atoms with Crippen LogP contribution in [-0.2, 0) is 4.79 Å². The Labute approximate surface area is 159 Å². The van der Waals surface area contributed by atoms with E-state index >= 15 is 0 Å². The topological polar surface area (TPSA) is 63.1 Å². The van der Waals surface area contributed by atoms with E-state index in [9.17, 15) is 4.79 Å². The van der Waals surface area contributed by atoms with Gasteiger partial charge in [0, 0.05) is 25.2 Å². The fourth-order valence-electron chi connectivity index (χ4n) is 4.22. The number of piperidine rings is 1. The largest absolute Gasteiger partial charge is 0.352 e. The van der Waals surface area contributed by atoms with E-state index in [2.05, 4.69) is 25.0 Å². The number of rotatable bonds is 8. The average Bonchev–Trinajstić information content (AvgIpc) is 3.53. The summed E-state index contributed by atoms with van der Waals surface area (Å²) in [5.74, 6) is 3.16. The predicted molar refractivity (Wildman–Crippen MR) is 102 cm³/mol. The third-order valence-corrected chi connectivity index (χ3v) is 7.06. The highest BCUT2D eigenvalue weighted by Crippen LogP contribution is 2.45. The monoisotopic (exact) mass is 375 g/mol. The fourth-order valence-corrected chi connectivity index (χ4v) is 5.03. The van der Waals surface area contributed by atoms with Gasteiger partial charge in [-0.3, -0.25) is 9.36 Å². The number of nitrogens with one attached hydrogen (secondary N) is 1. The number of amides is 1. The van der Waals surface area contributed by atoms with E-state index in [1.54, 1.807) is 11.8 Å². The lowest BCUT2D eigenvalue weighted by atomic mass is 10.1. The lowest BCUT2D eigenvalue weighted by Crippen LogP contribution is -2.39. The zero-order valence-electron chi connectivity index (χ0n) is 15.4. The molecule has 6 nitrogen and oxygen atoms in total. The maximum atomic E-state index is 12.5. The first-order valence-electron chi connectivity index (χ1n) is 10.4. The summed E-state index contributed by atoms with van der Waals surface area (Å²) in [6.07, 6.45) is 11.4. The van der Waals surface area contributed by atoms with Crippen LogP contribution in [0.5, 0.6) is 0 Å². The Hall–Kier alpha value is -1.24. The molecule has 1 aromatic rings. The van der Waals surface area contributed by atoms with Gasteiger partial charge in [0.25, 0.3) is 0 Å². The second-order valence-electron chi connectivity index (χ2n) is 8.49. The molecule has 0 spiro atoms. The van der Waals surface area contributed by atoms with Crippen molar-refractivity contribution in [3.05, 3.63) is 0 Å². The Bertz CT molecular complexity index is 647. The average molecular weight is 376 g/mol. The predicted octanol–water partition coefficient (Wildman–Crippen LogP) is 3.00. The first kappa shape index (κ1) is 16.9. The molecule has 26 heavy (non-hydrogen) atoms. The van der Waals surface area contributed by atoms with Crippen LogP contribution in [0.3, 0.4) is 0 Å². The van der Waals surface area contributed by atoms with Crippen molar-refractivity contribution in [1.82, 2.24) is 20.1 Å². The molecule has 1 saturated heterocycles. The van der Waals surface area contributed by atoms with Crippen molar-refractivity contribution in [2.24, 2.45) is 11.8 Å². The van der Waals surface area contributed by atoms with E-state index in [1.807, 2.05) is 0 Å². The molecule has 0 radical (unpaired) electrons. The molecule has 1 aromatic heterocycles. The summed E-state index contributed by atoms with van der Waals surface area (Å²) in [5.41, 5.74) is 0. The van der Waals surface area contributed by atoms with Gasteiger partial charge in [-0.2, -0.15) is 0 Å².